The zero-order valence-electron chi connectivity index (χ0n) is 14.2. The van der Waals surface area contributed by atoms with Gasteiger partial charge in [0.05, 0.1) is 0 Å². The fraction of sp³-hybridized carbons (Fsp3) is 0.611. The second-order valence-electron chi connectivity index (χ2n) is 6.78. The molecule has 1 saturated heterocycles. The zero-order chi connectivity index (χ0) is 17.9. The summed E-state index contributed by atoms with van der Waals surface area (Å²) in [6, 6.07) is 6.49. The van der Waals surface area contributed by atoms with Crippen LogP contribution >= 0.6 is 0 Å². The highest BCUT2D eigenvalue weighted by atomic mass is 19.4. The van der Waals surface area contributed by atoms with Crippen LogP contribution in [0.25, 0.3) is 0 Å². The number of benzene rings is 1. The lowest BCUT2D eigenvalue weighted by Crippen LogP contribution is -2.51. The Balaban J connectivity index is 1.47. The first-order valence-electron chi connectivity index (χ1n) is 8.82. The van der Waals surface area contributed by atoms with E-state index in [4.69, 9.17) is 5.41 Å². The Morgan fingerprint density at radius 2 is 1.64 bits per heavy atom. The Morgan fingerprint density at radius 1 is 1.04 bits per heavy atom. The zero-order valence-corrected chi connectivity index (χ0v) is 14.2. The molecule has 138 valence electrons. The topological polar surface area (TPSA) is 39.6 Å². The van der Waals surface area contributed by atoms with E-state index in [-0.39, 0.29) is 5.75 Å². The highest BCUT2D eigenvalue weighted by Gasteiger charge is 2.31. The number of nitrogens with one attached hydrogen (secondary N) is 1. The van der Waals surface area contributed by atoms with E-state index in [1.54, 1.807) is 12.1 Å². The minimum atomic E-state index is -4.67. The van der Waals surface area contributed by atoms with Gasteiger partial charge in [-0.1, -0.05) is 25.0 Å². The van der Waals surface area contributed by atoms with Gasteiger partial charge in [-0.3, -0.25) is 10.3 Å². The van der Waals surface area contributed by atoms with Crippen molar-refractivity contribution in [2.45, 2.75) is 44.5 Å². The molecule has 1 aliphatic heterocycles. The minimum absolute atomic E-state index is 0.229. The number of halogens is 3. The first kappa shape index (κ1) is 18.0. The van der Waals surface area contributed by atoms with Crippen molar-refractivity contribution in [1.29, 1.82) is 5.41 Å². The molecule has 2 aliphatic rings. The molecule has 3 rings (SSSR count). The van der Waals surface area contributed by atoms with E-state index in [0.717, 1.165) is 37.8 Å². The summed E-state index contributed by atoms with van der Waals surface area (Å²) in [6.45, 7) is 3.69. The van der Waals surface area contributed by atoms with E-state index < -0.39 is 6.36 Å². The average molecular weight is 355 g/mol. The minimum Gasteiger partial charge on any atom is -0.406 e. The summed E-state index contributed by atoms with van der Waals surface area (Å²) in [6.07, 6.45) is 1.00. The summed E-state index contributed by atoms with van der Waals surface area (Å²) in [5.74, 6) is 0.295. The first-order valence-corrected chi connectivity index (χ1v) is 8.82. The normalized spacial score (nSPS) is 20.0. The monoisotopic (exact) mass is 355 g/mol. The van der Waals surface area contributed by atoms with Crippen LogP contribution in [0.15, 0.2) is 24.3 Å². The van der Waals surface area contributed by atoms with Gasteiger partial charge < -0.3 is 9.64 Å². The van der Waals surface area contributed by atoms with Gasteiger partial charge in [-0.25, -0.2) is 0 Å². The van der Waals surface area contributed by atoms with E-state index in [1.165, 1.54) is 37.8 Å². The van der Waals surface area contributed by atoms with Crippen LogP contribution in [0.4, 0.5) is 13.2 Å². The molecule has 0 aromatic heterocycles. The number of hydrogen-bond donors (Lipinski definition) is 1. The van der Waals surface area contributed by atoms with Crippen molar-refractivity contribution < 1.29 is 17.9 Å². The molecule has 0 spiro atoms. The van der Waals surface area contributed by atoms with Crippen molar-refractivity contribution in [3.63, 3.8) is 0 Å². The van der Waals surface area contributed by atoms with Gasteiger partial charge in [0, 0.05) is 38.6 Å². The molecule has 1 heterocycles. The standard InChI is InChI=1S/C18H24F3N3O/c19-18(20,21)25-16-7-5-14(6-8-16)13-17(22)24-11-9-23(10-12-24)15-3-1-2-4-15/h5-8,15,22H,1-4,9-13H2. The lowest BCUT2D eigenvalue weighted by atomic mass is 10.1. The number of ether oxygens (including phenoxy) is 1. The molecule has 2 fully saturated rings. The Bertz CT molecular complexity index is 574. The Kier molecular flexibility index (Phi) is 5.51. The molecule has 7 heteroatoms. The van der Waals surface area contributed by atoms with E-state index in [1.807, 2.05) is 0 Å². The maximum Gasteiger partial charge on any atom is 0.573 e. The lowest BCUT2D eigenvalue weighted by Gasteiger charge is -2.39. The van der Waals surface area contributed by atoms with E-state index in [0.29, 0.717) is 12.3 Å². The van der Waals surface area contributed by atoms with Crippen molar-refractivity contribution in [3.8, 4) is 5.75 Å². The third kappa shape index (κ3) is 5.11. The summed E-state index contributed by atoms with van der Waals surface area (Å²) in [7, 11) is 0. The smallest absolute Gasteiger partial charge is 0.406 e. The van der Waals surface area contributed by atoms with Gasteiger partial charge in [0.15, 0.2) is 0 Å². The third-order valence-electron chi connectivity index (χ3n) is 5.07. The van der Waals surface area contributed by atoms with E-state index >= 15 is 0 Å². The predicted octanol–water partition coefficient (Wildman–Crippen LogP) is 3.67. The van der Waals surface area contributed by atoms with Gasteiger partial charge in [-0.2, -0.15) is 0 Å². The summed E-state index contributed by atoms with van der Waals surface area (Å²) in [4.78, 5) is 4.62. The molecular weight excluding hydrogens is 331 g/mol. The molecule has 1 N–H and O–H groups in total. The molecule has 1 aromatic rings. The maximum atomic E-state index is 12.2. The van der Waals surface area contributed by atoms with Crippen LogP contribution in [-0.2, 0) is 6.42 Å². The van der Waals surface area contributed by atoms with Crippen molar-refractivity contribution in [3.05, 3.63) is 29.8 Å². The highest BCUT2D eigenvalue weighted by Crippen LogP contribution is 2.25. The third-order valence-corrected chi connectivity index (χ3v) is 5.07. The molecular formula is C18H24F3N3O. The number of rotatable bonds is 4. The van der Waals surface area contributed by atoms with Crippen molar-refractivity contribution in [2.75, 3.05) is 26.2 Å². The van der Waals surface area contributed by atoms with Gasteiger partial charge in [-0.15, -0.1) is 13.2 Å². The lowest BCUT2D eigenvalue weighted by molar-refractivity contribution is -0.274. The molecule has 0 radical (unpaired) electrons. The Morgan fingerprint density at radius 3 is 2.20 bits per heavy atom. The molecule has 4 nitrogen and oxygen atoms in total. The van der Waals surface area contributed by atoms with Crippen LogP contribution in [0, 0.1) is 5.41 Å². The summed E-state index contributed by atoms with van der Waals surface area (Å²) < 4.78 is 40.4. The van der Waals surface area contributed by atoms with Crippen LogP contribution in [0.3, 0.4) is 0 Å². The maximum absolute atomic E-state index is 12.2. The Hall–Kier alpha value is -1.76. The Labute approximate surface area is 146 Å². The first-order chi connectivity index (χ1) is 11.9. The number of alkyl halides is 3. The molecule has 0 amide bonds. The van der Waals surface area contributed by atoms with Gasteiger partial charge >= 0.3 is 6.36 Å². The van der Waals surface area contributed by atoms with Crippen LogP contribution < -0.4 is 4.74 Å². The van der Waals surface area contributed by atoms with Crippen LogP contribution in [0.2, 0.25) is 0 Å². The van der Waals surface area contributed by atoms with Crippen molar-refractivity contribution in [2.24, 2.45) is 0 Å². The van der Waals surface area contributed by atoms with Gasteiger partial charge in [0.25, 0.3) is 0 Å². The molecule has 0 bridgehead atoms. The van der Waals surface area contributed by atoms with Crippen LogP contribution in [0.1, 0.15) is 31.2 Å². The van der Waals surface area contributed by atoms with E-state index in [9.17, 15) is 13.2 Å². The largest absolute Gasteiger partial charge is 0.573 e. The molecule has 1 saturated carbocycles. The van der Waals surface area contributed by atoms with Crippen molar-refractivity contribution in [1.82, 2.24) is 9.80 Å². The van der Waals surface area contributed by atoms with Crippen molar-refractivity contribution >= 4 is 5.84 Å². The molecule has 0 unspecified atom stereocenters. The SMILES string of the molecule is N=C(Cc1ccc(OC(F)(F)F)cc1)N1CCN(C2CCCC2)CC1. The average Bonchev–Trinajstić information content (AvgIpc) is 3.10. The summed E-state index contributed by atoms with van der Waals surface area (Å²) in [5, 5.41) is 8.29. The van der Waals surface area contributed by atoms with Gasteiger partial charge in [0.2, 0.25) is 0 Å². The summed E-state index contributed by atoms with van der Waals surface area (Å²) in [5.41, 5.74) is 0.817. The van der Waals surface area contributed by atoms with Gasteiger partial charge in [-0.05, 0) is 30.5 Å². The molecule has 1 aliphatic carbocycles. The van der Waals surface area contributed by atoms with Crippen LogP contribution in [-0.4, -0.2) is 54.2 Å². The highest BCUT2D eigenvalue weighted by molar-refractivity contribution is 5.81. The van der Waals surface area contributed by atoms with E-state index in [2.05, 4.69) is 14.5 Å². The fourth-order valence-electron chi connectivity index (χ4n) is 3.74. The van der Waals surface area contributed by atoms with Crippen LogP contribution in [0.5, 0.6) is 5.75 Å². The number of nitrogens with zero attached hydrogens (tertiary/aromatic N) is 2. The molecule has 0 atom stereocenters. The molecule has 1 aromatic carbocycles. The predicted molar refractivity (Wildman–Crippen MR) is 90.0 cm³/mol. The van der Waals surface area contributed by atoms with Gasteiger partial charge in [0.1, 0.15) is 11.6 Å². The fourth-order valence-corrected chi connectivity index (χ4v) is 3.74. The quantitative estimate of drug-likeness (QED) is 0.662. The second-order valence-corrected chi connectivity index (χ2v) is 6.78. The number of piperazine rings is 1. The summed E-state index contributed by atoms with van der Waals surface area (Å²) >= 11 is 0. The number of amidine groups is 1. The number of hydrogen-bond acceptors (Lipinski definition) is 3. The second kappa shape index (κ2) is 7.64. The molecule has 25 heavy (non-hydrogen) atoms.